The van der Waals surface area contributed by atoms with Gasteiger partial charge in [-0.15, -0.1) is 0 Å². The third-order valence-corrected chi connectivity index (χ3v) is 4.64. The second-order valence-electron chi connectivity index (χ2n) is 6.37. The molecule has 0 atom stereocenters. The summed E-state index contributed by atoms with van der Waals surface area (Å²) in [5.41, 5.74) is 3.08. The van der Waals surface area contributed by atoms with Crippen LogP contribution in [-0.2, 0) is 6.54 Å². The molecule has 1 saturated heterocycles. The van der Waals surface area contributed by atoms with Gasteiger partial charge in [0.25, 0.3) is 0 Å². The van der Waals surface area contributed by atoms with E-state index < -0.39 is 5.63 Å². The first-order valence-electron chi connectivity index (χ1n) is 8.54. The van der Waals surface area contributed by atoms with Gasteiger partial charge in [0, 0.05) is 48.5 Å². The van der Waals surface area contributed by atoms with Crippen LogP contribution in [0.4, 0.5) is 11.4 Å². The van der Waals surface area contributed by atoms with Crippen LogP contribution in [0.1, 0.15) is 18.4 Å². The Hall–Kier alpha value is -2.95. The van der Waals surface area contributed by atoms with Crippen molar-refractivity contribution in [3.05, 3.63) is 64.5 Å². The number of benzene rings is 2. The lowest BCUT2D eigenvalue weighted by molar-refractivity contribution is 0.473. The minimum absolute atomic E-state index is 0.0817. The summed E-state index contributed by atoms with van der Waals surface area (Å²) in [5, 5.41) is 13.7. The molecule has 2 N–H and O–H groups in total. The Morgan fingerprint density at radius 3 is 2.56 bits per heavy atom. The summed E-state index contributed by atoms with van der Waals surface area (Å²) in [6.45, 7) is 2.77. The normalized spacial score (nSPS) is 14.2. The molecular weight excluding hydrogens is 316 g/mol. The van der Waals surface area contributed by atoms with Crippen molar-refractivity contribution in [1.29, 1.82) is 0 Å². The number of nitrogens with one attached hydrogen (secondary N) is 1. The van der Waals surface area contributed by atoms with Gasteiger partial charge in [-0.05, 0) is 54.8 Å². The Balaban J connectivity index is 1.53. The number of nitrogens with zero attached hydrogens (tertiary/aromatic N) is 1. The minimum atomic E-state index is -0.417. The molecule has 2 heterocycles. The van der Waals surface area contributed by atoms with Crippen molar-refractivity contribution in [2.24, 2.45) is 0 Å². The molecule has 5 nitrogen and oxygen atoms in total. The second-order valence-corrected chi connectivity index (χ2v) is 6.37. The van der Waals surface area contributed by atoms with Crippen LogP contribution in [-0.4, -0.2) is 18.2 Å². The first-order valence-corrected chi connectivity index (χ1v) is 8.54. The number of aromatic hydroxyl groups is 1. The van der Waals surface area contributed by atoms with Crippen LogP contribution in [0.2, 0.25) is 0 Å². The van der Waals surface area contributed by atoms with Gasteiger partial charge in [0.05, 0.1) is 0 Å². The summed E-state index contributed by atoms with van der Waals surface area (Å²) in [6.07, 6.45) is 2.53. The fourth-order valence-corrected chi connectivity index (χ4v) is 3.33. The van der Waals surface area contributed by atoms with Gasteiger partial charge >= 0.3 is 5.63 Å². The average Bonchev–Trinajstić information content (AvgIpc) is 3.14. The van der Waals surface area contributed by atoms with E-state index in [4.69, 9.17) is 4.42 Å². The van der Waals surface area contributed by atoms with Crippen LogP contribution in [0, 0.1) is 0 Å². The van der Waals surface area contributed by atoms with E-state index in [1.54, 1.807) is 12.1 Å². The van der Waals surface area contributed by atoms with E-state index in [2.05, 4.69) is 34.5 Å². The van der Waals surface area contributed by atoms with Gasteiger partial charge in [0.15, 0.2) is 0 Å². The van der Waals surface area contributed by atoms with Gasteiger partial charge in [-0.1, -0.05) is 0 Å². The molecule has 0 spiro atoms. The molecule has 0 bridgehead atoms. The molecule has 0 unspecified atom stereocenters. The molecule has 1 aromatic heterocycles. The van der Waals surface area contributed by atoms with Crippen molar-refractivity contribution < 1.29 is 9.52 Å². The highest BCUT2D eigenvalue weighted by Crippen LogP contribution is 2.24. The maximum atomic E-state index is 11.7. The van der Waals surface area contributed by atoms with E-state index in [0.717, 1.165) is 29.7 Å². The number of hydrogen-bond donors (Lipinski definition) is 2. The van der Waals surface area contributed by atoms with Crippen LogP contribution in [0.25, 0.3) is 11.0 Å². The van der Waals surface area contributed by atoms with E-state index in [9.17, 15) is 9.90 Å². The number of hydrogen-bond acceptors (Lipinski definition) is 5. The minimum Gasteiger partial charge on any atom is -0.508 e. The highest BCUT2D eigenvalue weighted by atomic mass is 16.4. The Kier molecular flexibility index (Phi) is 4.06. The highest BCUT2D eigenvalue weighted by molar-refractivity contribution is 5.81. The molecule has 1 aliphatic heterocycles. The molecule has 0 radical (unpaired) electrons. The van der Waals surface area contributed by atoms with Crippen molar-refractivity contribution in [3.63, 3.8) is 0 Å². The van der Waals surface area contributed by atoms with Crippen molar-refractivity contribution in [1.82, 2.24) is 0 Å². The molecule has 25 heavy (non-hydrogen) atoms. The molecule has 1 fully saturated rings. The average molecular weight is 336 g/mol. The molecule has 5 heteroatoms. The molecule has 0 aliphatic carbocycles. The lowest BCUT2D eigenvalue weighted by Gasteiger charge is -2.18. The van der Waals surface area contributed by atoms with Crippen LogP contribution in [0.3, 0.4) is 0 Å². The van der Waals surface area contributed by atoms with Gasteiger partial charge in [0.2, 0.25) is 0 Å². The second kappa shape index (κ2) is 6.51. The number of phenolic OH excluding ortho intramolecular Hbond substituents is 1. The summed E-state index contributed by atoms with van der Waals surface area (Å²) in [4.78, 5) is 14.1. The third-order valence-electron chi connectivity index (χ3n) is 4.64. The zero-order valence-corrected chi connectivity index (χ0v) is 13.9. The number of anilines is 2. The predicted molar refractivity (Wildman–Crippen MR) is 99.4 cm³/mol. The molecule has 4 rings (SSSR count). The zero-order chi connectivity index (χ0) is 17.2. The van der Waals surface area contributed by atoms with E-state index in [1.165, 1.54) is 30.7 Å². The lowest BCUT2D eigenvalue weighted by atomic mass is 10.1. The summed E-state index contributed by atoms with van der Waals surface area (Å²) < 4.78 is 5.16. The molecule has 128 valence electrons. The van der Waals surface area contributed by atoms with Crippen molar-refractivity contribution >= 4 is 22.3 Å². The summed E-state index contributed by atoms with van der Waals surface area (Å²) in [6, 6.07) is 14.7. The SMILES string of the molecule is O=c1cc(CNc2ccc(N3CCCC3)cc2)c2ccc(O)cc2o1. The Labute approximate surface area is 145 Å². The number of fused-ring (bicyclic) bond motifs is 1. The van der Waals surface area contributed by atoms with Gasteiger partial charge < -0.3 is 19.7 Å². The molecule has 0 saturated carbocycles. The molecule has 2 aromatic carbocycles. The summed E-state index contributed by atoms with van der Waals surface area (Å²) in [5.74, 6) is 0.0817. The first kappa shape index (κ1) is 15.6. The fourth-order valence-electron chi connectivity index (χ4n) is 3.33. The van der Waals surface area contributed by atoms with Crippen molar-refractivity contribution in [2.75, 3.05) is 23.3 Å². The Morgan fingerprint density at radius 1 is 1.04 bits per heavy atom. The van der Waals surface area contributed by atoms with Gasteiger partial charge in [-0.25, -0.2) is 4.79 Å². The maximum absolute atomic E-state index is 11.7. The van der Waals surface area contributed by atoms with Crippen LogP contribution >= 0.6 is 0 Å². The van der Waals surface area contributed by atoms with E-state index >= 15 is 0 Å². The van der Waals surface area contributed by atoms with Crippen molar-refractivity contribution in [3.8, 4) is 5.75 Å². The lowest BCUT2D eigenvalue weighted by Crippen LogP contribution is -2.17. The summed E-state index contributed by atoms with van der Waals surface area (Å²) >= 11 is 0. The van der Waals surface area contributed by atoms with E-state index in [1.807, 2.05) is 0 Å². The number of rotatable bonds is 4. The van der Waals surface area contributed by atoms with E-state index in [0.29, 0.717) is 12.1 Å². The van der Waals surface area contributed by atoms with Gasteiger partial charge in [-0.2, -0.15) is 0 Å². The highest BCUT2D eigenvalue weighted by Gasteiger charge is 2.12. The fraction of sp³-hybridized carbons (Fsp3) is 0.250. The summed E-state index contributed by atoms with van der Waals surface area (Å²) in [7, 11) is 0. The van der Waals surface area contributed by atoms with Gasteiger partial charge in [-0.3, -0.25) is 0 Å². The Morgan fingerprint density at radius 2 is 1.80 bits per heavy atom. The smallest absolute Gasteiger partial charge is 0.336 e. The Bertz CT molecular complexity index is 941. The van der Waals surface area contributed by atoms with E-state index in [-0.39, 0.29) is 5.75 Å². The standard InChI is InChI=1S/C20H20N2O3/c23-17-7-8-18-14(11-20(24)25-19(18)12-17)13-21-15-3-5-16(6-4-15)22-9-1-2-10-22/h3-8,11-12,21,23H,1-2,9-10,13H2. The maximum Gasteiger partial charge on any atom is 0.336 e. The van der Waals surface area contributed by atoms with Crippen molar-refractivity contribution in [2.45, 2.75) is 19.4 Å². The number of phenols is 1. The van der Waals surface area contributed by atoms with Gasteiger partial charge in [0.1, 0.15) is 11.3 Å². The molecule has 0 amide bonds. The first-order chi connectivity index (χ1) is 12.2. The molecular formula is C20H20N2O3. The zero-order valence-electron chi connectivity index (χ0n) is 13.9. The third kappa shape index (κ3) is 3.31. The topological polar surface area (TPSA) is 65.7 Å². The molecule has 3 aromatic rings. The largest absolute Gasteiger partial charge is 0.508 e. The van der Waals surface area contributed by atoms with Crippen LogP contribution in [0.5, 0.6) is 5.75 Å². The van der Waals surface area contributed by atoms with Crippen LogP contribution < -0.4 is 15.8 Å². The molecule has 1 aliphatic rings. The van der Waals surface area contributed by atoms with Crippen LogP contribution in [0.15, 0.2) is 57.7 Å². The predicted octanol–water partition coefficient (Wildman–Crippen LogP) is 3.71. The monoisotopic (exact) mass is 336 g/mol. The quantitative estimate of drug-likeness (QED) is 0.711.